The summed E-state index contributed by atoms with van der Waals surface area (Å²) in [5.41, 5.74) is -0.0574. The number of carboxylic acids is 1. The number of aromatic carboxylic acids is 1. The van der Waals surface area contributed by atoms with Crippen molar-refractivity contribution in [1.82, 2.24) is 15.2 Å². The number of ether oxygens (including phenoxy) is 1. The minimum absolute atomic E-state index is 0.0574. The summed E-state index contributed by atoms with van der Waals surface area (Å²) in [7, 11) is 1.25. The lowest BCUT2D eigenvalue weighted by Crippen LogP contribution is -2.43. The van der Waals surface area contributed by atoms with E-state index >= 15 is 0 Å². The van der Waals surface area contributed by atoms with E-state index in [1.54, 1.807) is 13.8 Å². The summed E-state index contributed by atoms with van der Waals surface area (Å²) in [4.78, 5) is 39.2. The molecule has 1 unspecified atom stereocenters. The van der Waals surface area contributed by atoms with Gasteiger partial charge in [0.2, 0.25) is 0 Å². The maximum atomic E-state index is 12.0. The van der Waals surface area contributed by atoms with E-state index in [0.717, 1.165) is 11.3 Å². The first-order chi connectivity index (χ1) is 9.88. The molecule has 116 valence electrons. The number of carboxylic acid groups (broad SMARTS) is 1. The van der Waals surface area contributed by atoms with Gasteiger partial charge in [-0.2, -0.15) is 0 Å². The minimum Gasteiger partial charge on any atom is -0.476 e. The van der Waals surface area contributed by atoms with Crippen molar-refractivity contribution in [3.63, 3.8) is 0 Å². The molecule has 21 heavy (non-hydrogen) atoms. The Hall–Kier alpha value is -2.16. The van der Waals surface area contributed by atoms with Gasteiger partial charge in [-0.25, -0.2) is 14.6 Å². The summed E-state index contributed by atoms with van der Waals surface area (Å²) in [6.07, 6.45) is 0. The molecule has 1 rings (SSSR count). The average Bonchev–Trinajstić information content (AvgIpc) is 2.94. The molecule has 1 aromatic rings. The summed E-state index contributed by atoms with van der Waals surface area (Å²) in [6.45, 7) is 3.61. The van der Waals surface area contributed by atoms with E-state index in [4.69, 9.17) is 5.11 Å². The topological polar surface area (TPSA) is 109 Å². The zero-order valence-electron chi connectivity index (χ0n) is 12.0. The lowest BCUT2D eigenvalue weighted by atomic mass is 10.3. The molecule has 8 nitrogen and oxygen atoms in total. The van der Waals surface area contributed by atoms with Crippen molar-refractivity contribution in [3.05, 3.63) is 16.1 Å². The molecule has 0 aliphatic carbocycles. The van der Waals surface area contributed by atoms with Crippen LogP contribution in [0.2, 0.25) is 0 Å². The van der Waals surface area contributed by atoms with Gasteiger partial charge in [-0.1, -0.05) is 0 Å². The maximum Gasteiger partial charge on any atom is 0.355 e. The lowest BCUT2D eigenvalue weighted by Gasteiger charge is -2.22. The molecule has 0 fully saturated rings. The summed E-state index contributed by atoms with van der Waals surface area (Å²) in [6, 6.07) is -0.898. The standard InChI is InChI=1S/C12H17N3O5S/c1-4-15(5-9(16)20-3)12(19)13-7(2)10-14-8(6-21-10)11(17)18/h6-7H,4-5H2,1-3H3,(H,13,19)(H,17,18). The van der Waals surface area contributed by atoms with Gasteiger partial charge < -0.3 is 20.1 Å². The highest BCUT2D eigenvalue weighted by molar-refractivity contribution is 7.09. The van der Waals surface area contributed by atoms with Gasteiger partial charge >= 0.3 is 18.0 Å². The van der Waals surface area contributed by atoms with Crippen LogP contribution in [0.5, 0.6) is 0 Å². The molecule has 0 radical (unpaired) electrons. The fraction of sp³-hybridized carbons (Fsp3) is 0.500. The van der Waals surface area contributed by atoms with Crippen molar-refractivity contribution in [3.8, 4) is 0 Å². The highest BCUT2D eigenvalue weighted by Gasteiger charge is 2.20. The van der Waals surface area contributed by atoms with Gasteiger partial charge in [0.05, 0.1) is 13.2 Å². The zero-order chi connectivity index (χ0) is 16.0. The number of esters is 1. The number of nitrogens with one attached hydrogen (secondary N) is 1. The first-order valence-corrected chi connectivity index (χ1v) is 7.08. The number of thiazole rings is 1. The Balaban J connectivity index is 2.66. The van der Waals surface area contributed by atoms with Gasteiger partial charge in [-0.3, -0.25) is 4.79 Å². The van der Waals surface area contributed by atoms with Gasteiger partial charge in [-0.05, 0) is 13.8 Å². The van der Waals surface area contributed by atoms with E-state index in [1.807, 2.05) is 0 Å². The number of carbonyl (C=O) groups is 3. The first-order valence-electron chi connectivity index (χ1n) is 6.20. The van der Waals surface area contributed by atoms with Crippen LogP contribution in [0.4, 0.5) is 4.79 Å². The molecule has 0 aliphatic heterocycles. The van der Waals surface area contributed by atoms with Gasteiger partial charge in [0.15, 0.2) is 5.69 Å². The van der Waals surface area contributed by atoms with Crippen LogP contribution in [0.1, 0.15) is 35.4 Å². The second-order valence-electron chi connectivity index (χ2n) is 4.14. The molecule has 1 heterocycles. The van der Waals surface area contributed by atoms with Crippen LogP contribution >= 0.6 is 11.3 Å². The number of hydrogen-bond donors (Lipinski definition) is 2. The molecular weight excluding hydrogens is 298 g/mol. The van der Waals surface area contributed by atoms with E-state index in [1.165, 1.54) is 17.4 Å². The third kappa shape index (κ3) is 4.71. The number of hydrogen-bond acceptors (Lipinski definition) is 6. The number of carbonyl (C=O) groups excluding carboxylic acids is 2. The average molecular weight is 315 g/mol. The predicted octanol–water partition coefficient (Wildman–Crippen LogP) is 1.11. The number of urea groups is 1. The Morgan fingerprint density at radius 3 is 2.67 bits per heavy atom. The van der Waals surface area contributed by atoms with Gasteiger partial charge in [0, 0.05) is 11.9 Å². The maximum absolute atomic E-state index is 12.0. The summed E-state index contributed by atoms with van der Waals surface area (Å²) < 4.78 is 4.52. The fourth-order valence-electron chi connectivity index (χ4n) is 1.47. The SMILES string of the molecule is CCN(CC(=O)OC)C(=O)NC(C)c1nc(C(=O)O)cs1. The van der Waals surface area contributed by atoms with E-state index < -0.39 is 24.0 Å². The third-order valence-electron chi connectivity index (χ3n) is 2.67. The normalized spacial score (nSPS) is 11.6. The van der Waals surface area contributed by atoms with E-state index in [-0.39, 0.29) is 12.2 Å². The molecule has 2 N–H and O–H groups in total. The molecule has 0 aliphatic rings. The first kappa shape index (κ1) is 16.9. The summed E-state index contributed by atoms with van der Waals surface area (Å²) in [5.74, 6) is -1.63. The quantitative estimate of drug-likeness (QED) is 0.761. The Morgan fingerprint density at radius 2 is 2.19 bits per heavy atom. The number of methoxy groups -OCH3 is 1. The van der Waals surface area contributed by atoms with Crippen LogP contribution in [0.15, 0.2) is 5.38 Å². The van der Waals surface area contributed by atoms with Crippen molar-refractivity contribution >= 4 is 29.3 Å². The number of likely N-dealkylation sites (N-methyl/N-ethyl adjacent to an activating group) is 1. The number of rotatable bonds is 6. The highest BCUT2D eigenvalue weighted by Crippen LogP contribution is 2.18. The van der Waals surface area contributed by atoms with Crippen molar-refractivity contribution in [2.75, 3.05) is 20.2 Å². The fourth-order valence-corrected chi connectivity index (χ4v) is 2.27. The van der Waals surface area contributed by atoms with Crippen LogP contribution < -0.4 is 5.32 Å². The molecule has 9 heteroatoms. The molecular formula is C12H17N3O5S. The molecule has 0 saturated carbocycles. The minimum atomic E-state index is -1.11. The second kappa shape index (κ2) is 7.58. The molecule has 0 saturated heterocycles. The van der Waals surface area contributed by atoms with E-state index in [9.17, 15) is 14.4 Å². The number of nitrogens with zero attached hydrogens (tertiary/aromatic N) is 2. The molecule has 1 atom stereocenters. The number of amides is 2. The smallest absolute Gasteiger partial charge is 0.355 e. The highest BCUT2D eigenvalue weighted by atomic mass is 32.1. The van der Waals surface area contributed by atoms with Gasteiger partial charge in [-0.15, -0.1) is 11.3 Å². The van der Waals surface area contributed by atoms with E-state index in [2.05, 4.69) is 15.0 Å². The van der Waals surface area contributed by atoms with Crippen LogP contribution in [0.25, 0.3) is 0 Å². The Labute approximate surface area is 125 Å². The van der Waals surface area contributed by atoms with Crippen LogP contribution in [0, 0.1) is 0 Å². The Bertz CT molecular complexity index is 531. The van der Waals surface area contributed by atoms with Gasteiger partial charge in [0.25, 0.3) is 0 Å². The predicted molar refractivity (Wildman–Crippen MR) is 75.3 cm³/mol. The van der Waals surface area contributed by atoms with Crippen LogP contribution in [-0.2, 0) is 9.53 Å². The molecule has 0 spiro atoms. The molecule has 2 amide bonds. The van der Waals surface area contributed by atoms with Crippen molar-refractivity contribution in [1.29, 1.82) is 0 Å². The third-order valence-corrected chi connectivity index (χ3v) is 3.70. The van der Waals surface area contributed by atoms with Crippen LogP contribution in [-0.4, -0.2) is 53.2 Å². The summed E-state index contributed by atoms with van der Waals surface area (Å²) >= 11 is 1.15. The molecule has 1 aromatic heterocycles. The largest absolute Gasteiger partial charge is 0.476 e. The van der Waals surface area contributed by atoms with E-state index in [0.29, 0.717) is 11.6 Å². The summed E-state index contributed by atoms with van der Waals surface area (Å²) in [5, 5.41) is 13.4. The van der Waals surface area contributed by atoms with Crippen LogP contribution in [0.3, 0.4) is 0 Å². The monoisotopic (exact) mass is 315 g/mol. The van der Waals surface area contributed by atoms with Crippen molar-refractivity contribution in [2.45, 2.75) is 19.9 Å². The number of aromatic nitrogens is 1. The Morgan fingerprint density at radius 1 is 1.52 bits per heavy atom. The van der Waals surface area contributed by atoms with Gasteiger partial charge in [0.1, 0.15) is 11.6 Å². The Kier molecular flexibility index (Phi) is 6.10. The molecule has 0 bridgehead atoms. The second-order valence-corrected chi connectivity index (χ2v) is 5.03. The zero-order valence-corrected chi connectivity index (χ0v) is 12.8. The van der Waals surface area contributed by atoms with Crippen molar-refractivity contribution in [2.24, 2.45) is 0 Å². The lowest BCUT2D eigenvalue weighted by molar-refractivity contribution is -0.141. The van der Waals surface area contributed by atoms with Crippen molar-refractivity contribution < 1.29 is 24.2 Å². The molecule has 0 aromatic carbocycles.